The monoisotopic (exact) mass is 256 g/mol. The van der Waals surface area contributed by atoms with E-state index in [1.165, 1.54) is 44.5 Å². The fraction of sp³-hybridized carbons (Fsp3) is 0.100. The van der Waals surface area contributed by atoms with Crippen molar-refractivity contribution in [2.75, 3.05) is 0 Å². The van der Waals surface area contributed by atoms with E-state index in [0.29, 0.717) is 0 Å². The Morgan fingerprint density at radius 1 is 0.600 bits per heavy atom. The van der Waals surface area contributed by atoms with Gasteiger partial charge in [0.2, 0.25) is 0 Å². The van der Waals surface area contributed by atoms with Gasteiger partial charge in [-0.05, 0) is 57.4 Å². The van der Waals surface area contributed by atoms with Gasteiger partial charge < -0.3 is 0 Å². The van der Waals surface area contributed by atoms with Gasteiger partial charge in [-0.15, -0.1) is 0 Å². The molecule has 0 atom stereocenters. The van der Waals surface area contributed by atoms with E-state index in [-0.39, 0.29) is 0 Å². The van der Waals surface area contributed by atoms with Crippen LogP contribution < -0.4 is 0 Å². The molecule has 0 aromatic heterocycles. The third-order valence-corrected chi connectivity index (χ3v) is 4.51. The Hall–Kier alpha value is -2.34. The van der Waals surface area contributed by atoms with E-state index in [0.717, 1.165) is 12.8 Å². The van der Waals surface area contributed by atoms with E-state index in [4.69, 9.17) is 0 Å². The highest BCUT2D eigenvalue weighted by atomic mass is 14.3. The average Bonchev–Trinajstić information content (AvgIpc) is 2.98. The quantitative estimate of drug-likeness (QED) is 0.634. The van der Waals surface area contributed by atoms with Crippen LogP contribution in [-0.4, -0.2) is 0 Å². The van der Waals surface area contributed by atoms with Crippen molar-refractivity contribution in [1.29, 1.82) is 0 Å². The van der Waals surface area contributed by atoms with Gasteiger partial charge in [0.05, 0.1) is 0 Å². The molecule has 0 unspecified atom stereocenters. The second kappa shape index (κ2) is 4.08. The van der Waals surface area contributed by atoms with Crippen molar-refractivity contribution >= 4 is 11.1 Å². The van der Waals surface area contributed by atoms with Gasteiger partial charge in [0.25, 0.3) is 0 Å². The molecule has 0 heterocycles. The largest absolute Gasteiger partial charge is 0.0908 e. The normalized spacial score (nSPS) is 20.2. The maximum absolute atomic E-state index is 4.32. The minimum atomic E-state index is 0.997. The molecule has 0 amide bonds. The molecule has 2 aromatic rings. The third-order valence-electron chi connectivity index (χ3n) is 4.51. The van der Waals surface area contributed by atoms with Crippen molar-refractivity contribution < 1.29 is 0 Å². The van der Waals surface area contributed by atoms with Crippen molar-refractivity contribution in [2.45, 2.75) is 12.8 Å². The van der Waals surface area contributed by atoms with Crippen molar-refractivity contribution in [3.63, 3.8) is 0 Å². The first-order valence-electron chi connectivity index (χ1n) is 7.03. The van der Waals surface area contributed by atoms with Gasteiger partial charge in [-0.2, -0.15) is 0 Å². The first-order valence-corrected chi connectivity index (χ1v) is 7.03. The van der Waals surface area contributed by atoms with Crippen LogP contribution in [0.25, 0.3) is 11.1 Å². The predicted molar refractivity (Wildman–Crippen MR) is 85.4 cm³/mol. The third kappa shape index (κ3) is 1.48. The number of hydrogen-bond donors (Lipinski definition) is 0. The van der Waals surface area contributed by atoms with Crippen LogP contribution in [0.2, 0.25) is 0 Å². The minimum Gasteiger partial charge on any atom is -0.0908 e. The SMILES string of the molecule is C=C1/C(=C2\Cc3ccccc3C2=C)Cc2ccccc21. The number of benzene rings is 2. The second-order valence-corrected chi connectivity index (χ2v) is 5.58. The maximum atomic E-state index is 4.32. The highest BCUT2D eigenvalue weighted by molar-refractivity contribution is 5.94. The van der Waals surface area contributed by atoms with E-state index >= 15 is 0 Å². The van der Waals surface area contributed by atoms with Crippen LogP contribution in [0.4, 0.5) is 0 Å². The number of fused-ring (bicyclic) bond motifs is 2. The molecule has 96 valence electrons. The van der Waals surface area contributed by atoms with Gasteiger partial charge in [-0.25, -0.2) is 0 Å². The summed E-state index contributed by atoms with van der Waals surface area (Å²) in [7, 11) is 0. The van der Waals surface area contributed by atoms with E-state index in [2.05, 4.69) is 61.7 Å². The van der Waals surface area contributed by atoms with E-state index < -0.39 is 0 Å². The van der Waals surface area contributed by atoms with Crippen molar-refractivity contribution in [1.82, 2.24) is 0 Å². The molecule has 0 bridgehead atoms. The van der Waals surface area contributed by atoms with E-state index in [1.807, 2.05) is 0 Å². The Morgan fingerprint density at radius 3 is 1.40 bits per heavy atom. The van der Waals surface area contributed by atoms with Gasteiger partial charge >= 0.3 is 0 Å². The van der Waals surface area contributed by atoms with Crippen molar-refractivity contribution in [2.24, 2.45) is 0 Å². The molecule has 0 spiro atoms. The van der Waals surface area contributed by atoms with Crippen LogP contribution >= 0.6 is 0 Å². The molecule has 0 heteroatoms. The fourth-order valence-electron chi connectivity index (χ4n) is 3.43. The zero-order valence-electron chi connectivity index (χ0n) is 11.4. The van der Waals surface area contributed by atoms with Gasteiger partial charge in [0.15, 0.2) is 0 Å². The minimum absolute atomic E-state index is 0.997. The zero-order valence-corrected chi connectivity index (χ0v) is 11.4. The summed E-state index contributed by atoms with van der Waals surface area (Å²) in [5, 5.41) is 0. The topological polar surface area (TPSA) is 0 Å². The summed E-state index contributed by atoms with van der Waals surface area (Å²) in [6.07, 6.45) is 1.99. The molecule has 2 aliphatic carbocycles. The molecule has 2 aromatic carbocycles. The molecule has 2 aliphatic rings. The summed E-state index contributed by atoms with van der Waals surface area (Å²) in [6.45, 7) is 8.64. The molecule has 4 rings (SSSR count). The van der Waals surface area contributed by atoms with Crippen molar-refractivity contribution in [3.8, 4) is 0 Å². The maximum Gasteiger partial charge on any atom is -0.00106 e. The molecular weight excluding hydrogens is 240 g/mol. The molecule has 0 aliphatic heterocycles. The molecule has 20 heavy (non-hydrogen) atoms. The lowest BCUT2D eigenvalue weighted by Gasteiger charge is -2.07. The average molecular weight is 256 g/mol. The number of allylic oxidation sites excluding steroid dienone is 4. The van der Waals surface area contributed by atoms with Crippen LogP contribution in [0.5, 0.6) is 0 Å². The van der Waals surface area contributed by atoms with E-state index in [9.17, 15) is 0 Å². The van der Waals surface area contributed by atoms with Crippen molar-refractivity contribution in [3.05, 3.63) is 95.1 Å². The Morgan fingerprint density at radius 2 is 1.00 bits per heavy atom. The summed E-state index contributed by atoms with van der Waals surface area (Å²) >= 11 is 0. The zero-order chi connectivity index (χ0) is 13.7. The second-order valence-electron chi connectivity index (χ2n) is 5.58. The Balaban J connectivity index is 1.85. The summed E-state index contributed by atoms with van der Waals surface area (Å²) < 4.78 is 0. The molecule has 0 radical (unpaired) electrons. The summed E-state index contributed by atoms with van der Waals surface area (Å²) in [6, 6.07) is 17.2. The lowest BCUT2D eigenvalue weighted by molar-refractivity contribution is 1.18. The predicted octanol–water partition coefficient (Wildman–Crippen LogP) is 4.82. The lowest BCUT2D eigenvalue weighted by Crippen LogP contribution is -1.90. The van der Waals surface area contributed by atoms with Crippen LogP contribution in [0.3, 0.4) is 0 Å². The Bertz CT molecular complexity index is 720. The van der Waals surface area contributed by atoms with Crippen LogP contribution in [0.1, 0.15) is 22.3 Å². The molecule has 0 nitrogen and oxygen atoms in total. The summed E-state index contributed by atoms with van der Waals surface area (Å²) in [4.78, 5) is 0. The molecule has 0 saturated heterocycles. The summed E-state index contributed by atoms with van der Waals surface area (Å²) in [5.74, 6) is 0. The smallest absolute Gasteiger partial charge is 0.00106 e. The van der Waals surface area contributed by atoms with Crippen LogP contribution in [-0.2, 0) is 12.8 Å². The van der Waals surface area contributed by atoms with Crippen LogP contribution in [0, 0.1) is 0 Å². The van der Waals surface area contributed by atoms with Gasteiger partial charge in [-0.1, -0.05) is 61.7 Å². The Kier molecular flexibility index (Phi) is 2.34. The lowest BCUT2D eigenvalue weighted by atomic mass is 9.97. The first-order chi connectivity index (χ1) is 9.75. The molecular formula is C20H16. The fourth-order valence-corrected chi connectivity index (χ4v) is 3.43. The first kappa shape index (κ1) is 11.5. The standard InChI is InChI=1S/C20H16/c1-13-17-9-5-3-7-15(17)11-19(13)20-12-16-8-4-6-10-18(16)14(20)2/h3-10H,1-2,11-12H2/b20-19+. The van der Waals surface area contributed by atoms with E-state index in [1.54, 1.807) is 0 Å². The van der Waals surface area contributed by atoms with Gasteiger partial charge in [0, 0.05) is 0 Å². The van der Waals surface area contributed by atoms with Crippen LogP contribution in [0.15, 0.2) is 72.8 Å². The summed E-state index contributed by atoms with van der Waals surface area (Å²) in [5.41, 5.74) is 10.5. The number of hydrogen-bond acceptors (Lipinski definition) is 0. The molecule has 0 N–H and O–H groups in total. The molecule has 0 fully saturated rings. The Labute approximate surface area is 119 Å². The molecule has 0 saturated carbocycles. The highest BCUT2D eigenvalue weighted by Crippen LogP contribution is 2.44. The number of rotatable bonds is 0. The van der Waals surface area contributed by atoms with Gasteiger partial charge in [-0.3, -0.25) is 0 Å². The van der Waals surface area contributed by atoms with Gasteiger partial charge in [0.1, 0.15) is 0 Å². The highest BCUT2D eigenvalue weighted by Gasteiger charge is 2.27.